The Morgan fingerprint density at radius 1 is 0.804 bits per heavy atom. The van der Waals surface area contributed by atoms with Crippen LogP contribution in [-0.4, -0.2) is 53.0 Å². The SMILES string of the molecule is COCCn1c(=O)n(CCc2ccccc2)c(=O)c2c1nc(CC(C)(C)C)n2Cc1ccc(-c2ccccc2-c2nnn[nH]2)cc1. The van der Waals surface area contributed by atoms with Crippen LogP contribution in [0.5, 0.6) is 0 Å². The van der Waals surface area contributed by atoms with Crippen LogP contribution in [-0.2, 0) is 37.2 Å². The van der Waals surface area contributed by atoms with E-state index in [0.717, 1.165) is 33.6 Å². The number of H-pyrrole nitrogens is 1. The average molecular weight is 619 g/mol. The van der Waals surface area contributed by atoms with Crippen molar-refractivity contribution in [1.82, 2.24) is 39.3 Å². The molecule has 3 aromatic heterocycles. The second-order valence-electron chi connectivity index (χ2n) is 12.6. The Hall–Kier alpha value is -5.16. The minimum absolute atomic E-state index is 0.105. The lowest BCUT2D eigenvalue weighted by atomic mass is 9.92. The summed E-state index contributed by atoms with van der Waals surface area (Å²) in [5.74, 6) is 1.36. The number of methoxy groups -OCH3 is 1. The third-order valence-electron chi connectivity index (χ3n) is 8.00. The normalized spacial score (nSPS) is 11.8. The molecule has 0 aliphatic carbocycles. The first-order chi connectivity index (χ1) is 22.2. The Bertz CT molecular complexity index is 2050. The summed E-state index contributed by atoms with van der Waals surface area (Å²) in [6.07, 6.45) is 1.18. The highest BCUT2D eigenvalue weighted by atomic mass is 16.5. The maximum atomic E-state index is 14.2. The molecule has 6 rings (SSSR count). The fourth-order valence-corrected chi connectivity index (χ4v) is 5.77. The van der Waals surface area contributed by atoms with Gasteiger partial charge in [0, 0.05) is 32.2 Å². The van der Waals surface area contributed by atoms with E-state index in [1.165, 1.54) is 4.57 Å². The van der Waals surface area contributed by atoms with Gasteiger partial charge in [0.25, 0.3) is 5.56 Å². The number of benzene rings is 3. The van der Waals surface area contributed by atoms with Crippen molar-refractivity contribution >= 4 is 11.2 Å². The Labute approximate surface area is 266 Å². The molecule has 0 bridgehead atoms. The molecule has 236 valence electrons. The van der Waals surface area contributed by atoms with Crippen LogP contribution in [0.3, 0.4) is 0 Å². The monoisotopic (exact) mass is 618 g/mol. The van der Waals surface area contributed by atoms with E-state index in [4.69, 9.17) is 9.72 Å². The number of ether oxygens (including phenoxy) is 1. The van der Waals surface area contributed by atoms with E-state index in [2.05, 4.69) is 65.7 Å². The van der Waals surface area contributed by atoms with Gasteiger partial charge < -0.3 is 9.30 Å². The molecule has 0 saturated heterocycles. The first kappa shape index (κ1) is 30.8. The topological polar surface area (TPSA) is 126 Å². The summed E-state index contributed by atoms with van der Waals surface area (Å²) >= 11 is 0. The maximum Gasteiger partial charge on any atom is 0.332 e. The minimum Gasteiger partial charge on any atom is -0.383 e. The van der Waals surface area contributed by atoms with Crippen LogP contribution in [0, 0.1) is 5.41 Å². The number of aromatic nitrogens is 8. The molecule has 0 aliphatic rings. The van der Waals surface area contributed by atoms with Crippen molar-refractivity contribution in [2.75, 3.05) is 13.7 Å². The Morgan fingerprint density at radius 3 is 2.20 bits per heavy atom. The molecule has 0 atom stereocenters. The Kier molecular flexibility index (Phi) is 8.76. The van der Waals surface area contributed by atoms with Crippen molar-refractivity contribution in [3.05, 3.63) is 117 Å². The number of hydrogen-bond donors (Lipinski definition) is 1. The van der Waals surface area contributed by atoms with Gasteiger partial charge in [0.15, 0.2) is 17.0 Å². The Morgan fingerprint density at radius 2 is 1.52 bits per heavy atom. The molecule has 0 saturated carbocycles. The molecule has 0 unspecified atom stereocenters. The predicted octanol–water partition coefficient (Wildman–Crippen LogP) is 4.73. The highest BCUT2D eigenvalue weighted by Gasteiger charge is 2.24. The number of tetrazole rings is 1. The van der Waals surface area contributed by atoms with Gasteiger partial charge in [-0.25, -0.2) is 14.9 Å². The molecule has 1 N–H and O–H groups in total. The van der Waals surface area contributed by atoms with E-state index in [1.54, 1.807) is 11.7 Å². The molecule has 3 heterocycles. The number of aromatic amines is 1. The van der Waals surface area contributed by atoms with Crippen molar-refractivity contribution in [2.45, 2.75) is 53.2 Å². The smallest absolute Gasteiger partial charge is 0.332 e. The predicted molar refractivity (Wildman–Crippen MR) is 178 cm³/mol. The summed E-state index contributed by atoms with van der Waals surface area (Å²) in [5, 5.41) is 14.4. The molecule has 46 heavy (non-hydrogen) atoms. The van der Waals surface area contributed by atoms with Crippen LogP contribution in [0.4, 0.5) is 0 Å². The van der Waals surface area contributed by atoms with Crippen molar-refractivity contribution in [2.24, 2.45) is 5.41 Å². The molecule has 3 aromatic carbocycles. The number of nitrogens with zero attached hydrogens (tertiary/aromatic N) is 7. The van der Waals surface area contributed by atoms with Gasteiger partial charge in [0.05, 0.1) is 13.2 Å². The number of rotatable bonds is 11. The second kappa shape index (κ2) is 13.1. The third kappa shape index (κ3) is 6.45. The van der Waals surface area contributed by atoms with Gasteiger partial charge in [-0.1, -0.05) is 99.6 Å². The lowest BCUT2D eigenvalue weighted by Gasteiger charge is -2.19. The molecule has 0 radical (unpaired) electrons. The number of aryl methyl sites for hydroxylation is 1. The number of nitrogens with one attached hydrogen (secondary N) is 1. The lowest BCUT2D eigenvalue weighted by Crippen LogP contribution is -2.41. The molecule has 0 amide bonds. The highest BCUT2D eigenvalue weighted by Crippen LogP contribution is 2.30. The van der Waals surface area contributed by atoms with Crippen LogP contribution < -0.4 is 11.2 Å². The van der Waals surface area contributed by atoms with Crippen LogP contribution in [0.25, 0.3) is 33.7 Å². The van der Waals surface area contributed by atoms with Gasteiger partial charge in [-0.15, -0.1) is 5.10 Å². The second-order valence-corrected chi connectivity index (χ2v) is 12.6. The van der Waals surface area contributed by atoms with Gasteiger partial charge in [-0.3, -0.25) is 13.9 Å². The van der Waals surface area contributed by atoms with Gasteiger partial charge in [-0.2, -0.15) is 0 Å². The largest absolute Gasteiger partial charge is 0.383 e. The van der Waals surface area contributed by atoms with Gasteiger partial charge in [-0.05, 0) is 44.5 Å². The van der Waals surface area contributed by atoms with E-state index in [9.17, 15) is 9.59 Å². The quantitative estimate of drug-likeness (QED) is 0.223. The molecule has 0 fully saturated rings. The van der Waals surface area contributed by atoms with Gasteiger partial charge in [0.1, 0.15) is 5.82 Å². The molecular weight excluding hydrogens is 580 g/mol. The molecule has 11 nitrogen and oxygen atoms in total. The Balaban J connectivity index is 1.44. The highest BCUT2D eigenvalue weighted by molar-refractivity contribution is 5.80. The first-order valence-corrected chi connectivity index (χ1v) is 15.4. The number of fused-ring (bicyclic) bond motifs is 1. The maximum absolute atomic E-state index is 14.2. The van der Waals surface area contributed by atoms with Gasteiger partial charge in [0.2, 0.25) is 0 Å². The van der Waals surface area contributed by atoms with E-state index >= 15 is 0 Å². The van der Waals surface area contributed by atoms with Crippen molar-refractivity contribution in [3.63, 3.8) is 0 Å². The molecule has 0 spiro atoms. The van der Waals surface area contributed by atoms with Crippen LogP contribution in [0.15, 0.2) is 88.5 Å². The molecule has 0 aliphatic heterocycles. The van der Waals surface area contributed by atoms with Crippen molar-refractivity contribution in [3.8, 4) is 22.5 Å². The standard InChI is InChI=1S/C35H38N8O3/c1-35(2,3)22-29-36-32-30(33(44)42(34(45)41(32)20-21-46-4)19-18-24-10-6-5-7-11-24)43(29)23-25-14-16-26(17-15-25)27-12-8-9-13-28(27)31-37-39-40-38-31/h5-17H,18-23H2,1-4H3,(H,37,38,39,40). The van der Waals surface area contributed by atoms with Crippen LogP contribution in [0.2, 0.25) is 0 Å². The summed E-state index contributed by atoms with van der Waals surface area (Å²) < 4.78 is 10.3. The zero-order valence-corrected chi connectivity index (χ0v) is 26.6. The molecule has 6 aromatic rings. The summed E-state index contributed by atoms with van der Waals surface area (Å²) in [7, 11) is 1.60. The van der Waals surface area contributed by atoms with E-state index < -0.39 is 0 Å². The first-order valence-electron chi connectivity index (χ1n) is 15.4. The zero-order valence-electron chi connectivity index (χ0n) is 26.6. The van der Waals surface area contributed by atoms with E-state index in [0.29, 0.717) is 43.0 Å². The summed E-state index contributed by atoms with van der Waals surface area (Å²) in [4.78, 5) is 33.0. The van der Waals surface area contributed by atoms with Crippen LogP contribution >= 0.6 is 0 Å². The molecule has 11 heteroatoms. The fourth-order valence-electron chi connectivity index (χ4n) is 5.77. The zero-order chi connectivity index (χ0) is 32.3. The summed E-state index contributed by atoms with van der Waals surface area (Å²) in [6, 6.07) is 26.1. The number of imidazole rings is 1. The van der Waals surface area contributed by atoms with Gasteiger partial charge >= 0.3 is 5.69 Å². The molecular formula is C35H38N8O3. The number of hydrogen-bond acceptors (Lipinski definition) is 7. The van der Waals surface area contributed by atoms with E-state index in [-0.39, 0.29) is 29.8 Å². The van der Waals surface area contributed by atoms with E-state index in [1.807, 2.05) is 59.2 Å². The van der Waals surface area contributed by atoms with Crippen molar-refractivity contribution in [1.29, 1.82) is 0 Å². The lowest BCUT2D eigenvalue weighted by molar-refractivity contribution is 0.186. The third-order valence-corrected chi connectivity index (χ3v) is 8.00. The summed E-state index contributed by atoms with van der Waals surface area (Å²) in [6.45, 7) is 7.72. The summed E-state index contributed by atoms with van der Waals surface area (Å²) in [5.41, 5.74) is 4.98. The van der Waals surface area contributed by atoms with Crippen molar-refractivity contribution < 1.29 is 4.74 Å². The fraction of sp³-hybridized carbons (Fsp3) is 0.314. The van der Waals surface area contributed by atoms with Crippen LogP contribution in [0.1, 0.15) is 37.7 Å². The minimum atomic E-state index is -0.373. The average Bonchev–Trinajstić information content (AvgIpc) is 3.70.